The lowest BCUT2D eigenvalue weighted by Crippen LogP contribution is -2.22. The Labute approximate surface area is 163 Å². The maximum Gasteiger partial charge on any atom is 0.399 e. The molecule has 2 unspecified atom stereocenters. The second-order valence-corrected chi connectivity index (χ2v) is 6.89. The Bertz CT molecular complexity index is 812. The fourth-order valence-electron chi connectivity index (χ4n) is 2.89. The van der Waals surface area contributed by atoms with Crippen LogP contribution >= 0.6 is 0 Å². The highest BCUT2D eigenvalue weighted by atomic mass is 19.4. The van der Waals surface area contributed by atoms with Crippen LogP contribution in [0.1, 0.15) is 17.0 Å². The molecule has 2 aromatic carbocycles. The van der Waals surface area contributed by atoms with Crippen molar-refractivity contribution >= 4 is 0 Å². The van der Waals surface area contributed by atoms with Gasteiger partial charge in [0.25, 0.3) is 0 Å². The largest absolute Gasteiger partial charge is 0.488 e. The molecule has 2 atom stereocenters. The molecule has 2 aliphatic rings. The van der Waals surface area contributed by atoms with E-state index in [9.17, 15) is 22.0 Å². The van der Waals surface area contributed by atoms with Crippen LogP contribution in [-0.4, -0.2) is 44.8 Å². The van der Waals surface area contributed by atoms with Crippen molar-refractivity contribution in [2.24, 2.45) is 0 Å². The normalized spacial score (nSPS) is 21.6. The summed E-state index contributed by atoms with van der Waals surface area (Å²) in [7, 11) is 0. The van der Waals surface area contributed by atoms with Crippen LogP contribution in [0, 0.1) is 11.6 Å². The summed E-state index contributed by atoms with van der Waals surface area (Å²) in [6.45, 7) is 1.26. The van der Waals surface area contributed by atoms with Crippen LogP contribution in [0.2, 0.25) is 0 Å². The topological polar surface area (TPSA) is 43.5 Å². The van der Waals surface area contributed by atoms with E-state index in [-0.39, 0.29) is 48.0 Å². The van der Waals surface area contributed by atoms with Gasteiger partial charge in [-0.15, -0.1) is 0 Å². The van der Waals surface area contributed by atoms with Crippen LogP contribution in [0.25, 0.3) is 0 Å². The molecular formula is C20H17F5O4. The fourth-order valence-corrected chi connectivity index (χ4v) is 2.89. The smallest absolute Gasteiger partial charge is 0.399 e. The summed E-state index contributed by atoms with van der Waals surface area (Å²) in [6, 6.07) is 6.03. The Morgan fingerprint density at radius 2 is 1.24 bits per heavy atom. The van der Waals surface area contributed by atoms with Gasteiger partial charge < -0.3 is 18.9 Å². The summed E-state index contributed by atoms with van der Waals surface area (Å²) >= 11 is 0. The van der Waals surface area contributed by atoms with Gasteiger partial charge in [0.1, 0.15) is 31.3 Å². The summed E-state index contributed by atoms with van der Waals surface area (Å²) in [5.74, 6) is -4.39. The third-order valence-corrected chi connectivity index (χ3v) is 4.56. The molecule has 0 aromatic heterocycles. The number of rotatable bonds is 8. The standard InChI is InChI=1S/C20H17F5O4/c21-15-5-11(1-3-17(15)28-9-13-7-26-13)19(20(23,24)25)12-2-4-18(16(22)6-12)29-10-14-8-27-14/h1-6,13-14,19H,7-10H2. The van der Waals surface area contributed by atoms with E-state index >= 15 is 0 Å². The van der Waals surface area contributed by atoms with E-state index in [1.165, 1.54) is 0 Å². The summed E-state index contributed by atoms with van der Waals surface area (Å²) in [6.07, 6.45) is -4.99. The summed E-state index contributed by atoms with van der Waals surface area (Å²) in [4.78, 5) is 0. The lowest BCUT2D eigenvalue weighted by atomic mass is 9.90. The van der Waals surface area contributed by atoms with Crippen LogP contribution in [-0.2, 0) is 9.47 Å². The lowest BCUT2D eigenvalue weighted by Gasteiger charge is -2.22. The van der Waals surface area contributed by atoms with E-state index in [1.807, 2.05) is 0 Å². The van der Waals surface area contributed by atoms with Crippen LogP contribution in [0.15, 0.2) is 36.4 Å². The summed E-state index contributed by atoms with van der Waals surface area (Å²) < 4.78 is 90.1. The van der Waals surface area contributed by atoms with Crippen molar-refractivity contribution in [2.75, 3.05) is 26.4 Å². The number of ether oxygens (including phenoxy) is 4. The van der Waals surface area contributed by atoms with Crippen molar-refractivity contribution in [3.05, 3.63) is 59.2 Å². The number of benzene rings is 2. The van der Waals surface area contributed by atoms with Crippen molar-refractivity contribution in [2.45, 2.75) is 24.3 Å². The molecule has 0 aliphatic carbocycles. The van der Waals surface area contributed by atoms with Gasteiger partial charge in [-0.1, -0.05) is 12.1 Å². The molecule has 9 heteroatoms. The number of halogens is 5. The first kappa shape index (κ1) is 19.9. The summed E-state index contributed by atoms with van der Waals surface area (Å²) in [5.41, 5.74) is -0.714. The Kier molecular flexibility index (Phi) is 5.35. The third-order valence-electron chi connectivity index (χ3n) is 4.56. The zero-order valence-corrected chi connectivity index (χ0v) is 15.0. The van der Waals surface area contributed by atoms with Gasteiger partial charge in [0, 0.05) is 0 Å². The van der Waals surface area contributed by atoms with Gasteiger partial charge in [0.05, 0.1) is 13.2 Å². The summed E-state index contributed by atoms with van der Waals surface area (Å²) in [5, 5.41) is 0. The first-order valence-electron chi connectivity index (χ1n) is 8.95. The molecule has 156 valence electrons. The minimum atomic E-state index is -4.76. The Morgan fingerprint density at radius 1 is 0.828 bits per heavy atom. The molecule has 0 saturated carbocycles. The van der Waals surface area contributed by atoms with E-state index in [1.54, 1.807) is 0 Å². The molecule has 4 nitrogen and oxygen atoms in total. The minimum Gasteiger partial charge on any atom is -0.488 e. The number of alkyl halides is 3. The molecule has 0 spiro atoms. The van der Waals surface area contributed by atoms with Crippen molar-refractivity contribution < 1.29 is 40.9 Å². The molecule has 2 aliphatic heterocycles. The van der Waals surface area contributed by atoms with Crippen molar-refractivity contribution in [3.63, 3.8) is 0 Å². The van der Waals surface area contributed by atoms with Crippen LogP contribution in [0.5, 0.6) is 11.5 Å². The quantitative estimate of drug-likeness (QED) is 0.478. The zero-order valence-electron chi connectivity index (χ0n) is 15.0. The average molecular weight is 416 g/mol. The van der Waals surface area contributed by atoms with Crippen LogP contribution in [0.3, 0.4) is 0 Å². The van der Waals surface area contributed by atoms with Crippen molar-refractivity contribution in [3.8, 4) is 11.5 Å². The van der Waals surface area contributed by atoms with Gasteiger partial charge in [-0.05, 0) is 35.4 Å². The maximum atomic E-state index is 14.3. The SMILES string of the molecule is Fc1cc(C(c2ccc(OCC3CO3)c(F)c2)C(F)(F)F)ccc1OCC1CO1. The molecule has 29 heavy (non-hydrogen) atoms. The van der Waals surface area contributed by atoms with E-state index in [0.29, 0.717) is 13.2 Å². The Morgan fingerprint density at radius 3 is 1.55 bits per heavy atom. The highest BCUT2D eigenvalue weighted by Crippen LogP contribution is 2.42. The van der Waals surface area contributed by atoms with Gasteiger partial charge in [-0.3, -0.25) is 0 Å². The van der Waals surface area contributed by atoms with Gasteiger partial charge in [0.15, 0.2) is 23.1 Å². The average Bonchev–Trinajstić information content (AvgIpc) is 3.54. The third kappa shape index (κ3) is 4.97. The van der Waals surface area contributed by atoms with Crippen molar-refractivity contribution in [1.82, 2.24) is 0 Å². The highest BCUT2D eigenvalue weighted by Gasteiger charge is 2.42. The second-order valence-electron chi connectivity index (χ2n) is 6.89. The molecule has 0 radical (unpaired) electrons. The molecule has 0 N–H and O–H groups in total. The van der Waals surface area contributed by atoms with Gasteiger partial charge in [-0.2, -0.15) is 13.2 Å². The van der Waals surface area contributed by atoms with Crippen LogP contribution in [0.4, 0.5) is 22.0 Å². The van der Waals surface area contributed by atoms with Crippen LogP contribution < -0.4 is 9.47 Å². The Hall–Kier alpha value is -2.39. The molecular weight excluding hydrogens is 399 g/mol. The minimum absolute atomic E-state index is 0.118. The van der Waals surface area contributed by atoms with E-state index in [2.05, 4.69) is 0 Å². The number of epoxide rings is 2. The zero-order chi connectivity index (χ0) is 20.6. The monoisotopic (exact) mass is 416 g/mol. The molecule has 0 amide bonds. The van der Waals surface area contributed by atoms with Gasteiger partial charge in [-0.25, -0.2) is 8.78 Å². The number of hydrogen-bond acceptors (Lipinski definition) is 4. The van der Waals surface area contributed by atoms with Crippen molar-refractivity contribution in [1.29, 1.82) is 0 Å². The first-order valence-corrected chi connectivity index (χ1v) is 8.95. The molecule has 2 fully saturated rings. The van der Waals surface area contributed by atoms with E-state index in [0.717, 1.165) is 36.4 Å². The van der Waals surface area contributed by atoms with Gasteiger partial charge in [0.2, 0.25) is 0 Å². The second kappa shape index (κ2) is 7.79. The number of hydrogen-bond donors (Lipinski definition) is 0. The predicted octanol–water partition coefficient (Wildman–Crippen LogP) is 4.21. The highest BCUT2D eigenvalue weighted by molar-refractivity contribution is 5.41. The van der Waals surface area contributed by atoms with E-state index < -0.39 is 23.7 Å². The molecule has 2 aromatic rings. The maximum absolute atomic E-state index is 14.3. The van der Waals surface area contributed by atoms with Gasteiger partial charge >= 0.3 is 6.18 Å². The molecule has 4 rings (SSSR count). The first-order chi connectivity index (χ1) is 13.8. The molecule has 2 heterocycles. The predicted molar refractivity (Wildman–Crippen MR) is 91.2 cm³/mol. The molecule has 0 bridgehead atoms. The lowest BCUT2D eigenvalue weighted by molar-refractivity contribution is -0.141. The fraction of sp³-hybridized carbons (Fsp3) is 0.400. The Balaban J connectivity index is 1.57. The molecule has 2 saturated heterocycles. The van der Waals surface area contributed by atoms with E-state index in [4.69, 9.17) is 18.9 Å².